The number of hydrogen-bond donors (Lipinski definition) is 1. The summed E-state index contributed by atoms with van der Waals surface area (Å²) in [6, 6.07) is 0. The molecule has 12 heavy (non-hydrogen) atoms. The van der Waals surface area contributed by atoms with E-state index in [0.717, 1.165) is 17.7 Å². The normalized spacial score (nSPS) is 20.2. The van der Waals surface area contributed by atoms with Gasteiger partial charge in [-0.25, -0.2) is 0 Å². The molecule has 0 atom stereocenters. The van der Waals surface area contributed by atoms with Gasteiger partial charge in [0.1, 0.15) is 17.1 Å². The first-order valence-electron chi connectivity index (χ1n) is 3.66. The summed E-state index contributed by atoms with van der Waals surface area (Å²) in [6.07, 6.45) is 6.09. The molecule has 0 bridgehead atoms. The lowest BCUT2D eigenvalue weighted by Gasteiger charge is -1.92. The van der Waals surface area contributed by atoms with Gasteiger partial charge in [-0.15, -0.1) is 0 Å². The lowest BCUT2D eigenvalue weighted by Crippen LogP contribution is -2.11. The molecule has 0 radical (unpaired) electrons. The SMILES string of the molecule is O=[N+]([O-])C1=[C+]C=CC2=C1CNC2. The minimum atomic E-state index is -0.383. The summed E-state index contributed by atoms with van der Waals surface area (Å²) in [5.41, 5.74) is 1.90. The van der Waals surface area contributed by atoms with Crippen molar-refractivity contribution in [3.05, 3.63) is 45.2 Å². The van der Waals surface area contributed by atoms with Crippen LogP contribution in [0.15, 0.2) is 29.0 Å². The van der Waals surface area contributed by atoms with E-state index in [1.165, 1.54) is 0 Å². The molecule has 2 rings (SSSR count). The molecule has 0 saturated carbocycles. The van der Waals surface area contributed by atoms with Gasteiger partial charge in [0.2, 0.25) is 0 Å². The van der Waals surface area contributed by atoms with E-state index in [-0.39, 0.29) is 10.6 Å². The molecule has 1 heterocycles. The van der Waals surface area contributed by atoms with Crippen molar-refractivity contribution >= 4 is 0 Å². The molecule has 1 aliphatic carbocycles. The Labute approximate surface area is 69.4 Å². The van der Waals surface area contributed by atoms with Crippen LogP contribution in [0.5, 0.6) is 0 Å². The standard InChI is InChI=1S/C8H7N2O2/c11-10(12)8-3-1-2-6-4-9-5-7(6)8/h1-2,9H,4-5H2/q+1. The van der Waals surface area contributed by atoms with Crippen molar-refractivity contribution < 1.29 is 4.92 Å². The quantitative estimate of drug-likeness (QED) is 0.346. The van der Waals surface area contributed by atoms with Crippen LogP contribution < -0.4 is 5.32 Å². The molecule has 2 aliphatic rings. The van der Waals surface area contributed by atoms with Gasteiger partial charge in [-0.1, -0.05) is 0 Å². The molecule has 1 aliphatic heterocycles. The minimum absolute atomic E-state index is 0.109. The first-order valence-corrected chi connectivity index (χ1v) is 3.66. The van der Waals surface area contributed by atoms with Crippen LogP contribution >= 0.6 is 0 Å². The van der Waals surface area contributed by atoms with Crippen LogP contribution in [0.25, 0.3) is 0 Å². The maximum Gasteiger partial charge on any atom is 0.432 e. The molecule has 4 heteroatoms. The molecule has 1 N–H and O–H groups in total. The van der Waals surface area contributed by atoms with E-state index in [0.29, 0.717) is 6.54 Å². The average Bonchev–Trinajstić information content (AvgIpc) is 2.49. The molecule has 60 valence electrons. The molecule has 4 nitrogen and oxygen atoms in total. The Morgan fingerprint density at radius 3 is 3.17 bits per heavy atom. The van der Waals surface area contributed by atoms with Crippen molar-refractivity contribution in [3.8, 4) is 0 Å². The Kier molecular flexibility index (Phi) is 1.50. The van der Waals surface area contributed by atoms with Crippen LogP contribution in [0.2, 0.25) is 0 Å². The van der Waals surface area contributed by atoms with Gasteiger partial charge in [0, 0.05) is 6.54 Å². The van der Waals surface area contributed by atoms with Crippen molar-refractivity contribution in [3.63, 3.8) is 0 Å². The van der Waals surface area contributed by atoms with E-state index >= 15 is 0 Å². The molecule has 0 spiro atoms. The zero-order chi connectivity index (χ0) is 8.55. The number of nitro groups is 1. The Hall–Kier alpha value is -1.51. The zero-order valence-corrected chi connectivity index (χ0v) is 6.33. The van der Waals surface area contributed by atoms with E-state index < -0.39 is 0 Å². The van der Waals surface area contributed by atoms with Crippen LogP contribution in [0.3, 0.4) is 0 Å². The van der Waals surface area contributed by atoms with E-state index in [2.05, 4.69) is 11.4 Å². The fraction of sp³-hybridized carbons (Fsp3) is 0.250. The molecule has 0 aromatic heterocycles. The van der Waals surface area contributed by atoms with Crippen LogP contribution in [0, 0.1) is 16.2 Å². The fourth-order valence-corrected chi connectivity index (χ4v) is 1.41. The van der Waals surface area contributed by atoms with Crippen molar-refractivity contribution in [2.75, 3.05) is 13.1 Å². The van der Waals surface area contributed by atoms with E-state index in [4.69, 9.17) is 0 Å². The van der Waals surface area contributed by atoms with Crippen LogP contribution in [-0.4, -0.2) is 18.0 Å². The molecule has 0 aromatic carbocycles. The van der Waals surface area contributed by atoms with Crippen molar-refractivity contribution in [2.24, 2.45) is 0 Å². The van der Waals surface area contributed by atoms with Crippen molar-refractivity contribution in [2.45, 2.75) is 0 Å². The molecule has 0 fully saturated rings. The highest BCUT2D eigenvalue weighted by Gasteiger charge is 2.35. The molecular formula is C8H7N2O2+. The van der Waals surface area contributed by atoms with Gasteiger partial charge in [-0.05, 0) is 0 Å². The lowest BCUT2D eigenvalue weighted by atomic mass is 10.0. The highest BCUT2D eigenvalue weighted by Crippen LogP contribution is 2.22. The number of rotatable bonds is 1. The molecule has 0 unspecified atom stereocenters. The van der Waals surface area contributed by atoms with E-state index in [1.807, 2.05) is 6.08 Å². The molecule has 0 saturated heterocycles. The van der Waals surface area contributed by atoms with Gasteiger partial charge in [0.05, 0.1) is 18.2 Å². The Morgan fingerprint density at radius 1 is 1.58 bits per heavy atom. The number of nitrogens with zero attached hydrogens (tertiary/aromatic N) is 1. The smallest absolute Gasteiger partial charge is 0.295 e. The summed E-state index contributed by atoms with van der Waals surface area (Å²) in [6.45, 7) is 1.31. The largest absolute Gasteiger partial charge is 0.432 e. The number of hydrogen-bond acceptors (Lipinski definition) is 3. The number of nitrogens with one attached hydrogen (secondary N) is 1. The Balaban J connectivity index is 2.43. The Morgan fingerprint density at radius 2 is 2.42 bits per heavy atom. The average molecular weight is 163 g/mol. The third kappa shape index (κ3) is 0.942. The van der Waals surface area contributed by atoms with Gasteiger partial charge in [-0.2, -0.15) is 0 Å². The predicted octanol–water partition coefficient (Wildman–Crippen LogP) is 0.420. The summed E-state index contributed by atoms with van der Waals surface area (Å²) >= 11 is 0. The summed E-state index contributed by atoms with van der Waals surface area (Å²) in [5, 5.41) is 13.6. The highest BCUT2D eigenvalue weighted by atomic mass is 16.6. The Bertz CT molecular complexity index is 326. The molecular weight excluding hydrogens is 156 g/mol. The van der Waals surface area contributed by atoms with Gasteiger partial charge < -0.3 is 0 Å². The zero-order valence-electron chi connectivity index (χ0n) is 6.33. The van der Waals surface area contributed by atoms with Crippen LogP contribution in [0.4, 0.5) is 0 Å². The van der Waals surface area contributed by atoms with Crippen LogP contribution in [-0.2, 0) is 0 Å². The summed E-state index contributed by atoms with van der Waals surface area (Å²) in [5.74, 6) is 0. The maximum atomic E-state index is 10.5. The fourth-order valence-electron chi connectivity index (χ4n) is 1.41. The third-order valence-corrected chi connectivity index (χ3v) is 1.98. The van der Waals surface area contributed by atoms with Crippen molar-refractivity contribution in [1.82, 2.24) is 5.32 Å². The monoisotopic (exact) mass is 163 g/mol. The summed E-state index contributed by atoms with van der Waals surface area (Å²) < 4.78 is 0. The van der Waals surface area contributed by atoms with Crippen molar-refractivity contribution in [1.29, 1.82) is 0 Å². The van der Waals surface area contributed by atoms with Gasteiger partial charge in [0.15, 0.2) is 5.57 Å². The lowest BCUT2D eigenvalue weighted by molar-refractivity contribution is -0.421. The van der Waals surface area contributed by atoms with Crippen LogP contribution in [0.1, 0.15) is 0 Å². The maximum absolute atomic E-state index is 10.5. The second kappa shape index (κ2) is 2.52. The second-order valence-electron chi connectivity index (χ2n) is 2.69. The third-order valence-electron chi connectivity index (χ3n) is 1.98. The molecule has 0 amide bonds. The van der Waals surface area contributed by atoms with Gasteiger partial charge in [-0.3, -0.25) is 15.4 Å². The highest BCUT2D eigenvalue weighted by molar-refractivity contribution is 5.45. The minimum Gasteiger partial charge on any atom is -0.295 e. The second-order valence-corrected chi connectivity index (χ2v) is 2.69. The predicted molar refractivity (Wildman–Crippen MR) is 42.8 cm³/mol. The topological polar surface area (TPSA) is 55.2 Å². The summed E-state index contributed by atoms with van der Waals surface area (Å²) in [7, 11) is 0. The molecule has 0 aromatic rings. The first-order chi connectivity index (χ1) is 5.79. The summed E-state index contributed by atoms with van der Waals surface area (Å²) in [4.78, 5) is 10.1. The first kappa shape index (κ1) is 7.16. The van der Waals surface area contributed by atoms with Gasteiger partial charge in [0.25, 0.3) is 0 Å². The van der Waals surface area contributed by atoms with Gasteiger partial charge >= 0.3 is 5.70 Å². The number of allylic oxidation sites excluding steroid dienone is 2. The van der Waals surface area contributed by atoms with E-state index in [1.54, 1.807) is 6.08 Å². The van der Waals surface area contributed by atoms with E-state index in [9.17, 15) is 10.1 Å².